The molecule has 0 spiro atoms. The number of aryl methyl sites for hydroxylation is 2. The van der Waals surface area contributed by atoms with Crippen molar-refractivity contribution in [2.24, 2.45) is 11.7 Å². The van der Waals surface area contributed by atoms with E-state index >= 15 is 0 Å². The summed E-state index contributed by atoms with van der Waals surface area (Å²) in [6, 6.07) is 5.77. The number of carbonyl (C=O) groups excluding carboxylic acids is 2. The van der Waals surface area contributed by atoms with Crippen molar-refractivity contribution in [2.45, 2.75) is 45.7 Å². The zero-order valence-corrected chi connectivity index (χ0v) is 13.5. The number of amides is 2. The molecular formula is C17H25N3O2. The maximum atomic E-state index is 12.0. The number of nitrogens with two attached hydrogens (primary N) is 1. The lowest BCUT2D eigenvalue weighted by molar-refractivity contribution is -0.127. The van der Waals surface area contributed by atoms with Crippen LogP contribution in [0.2, 0.25) is 0 Å². The topological polar surface area (TPSA) is 84.2 Å². The van der Waals surface area contributed by atoms with Gasteiger partial charge in [0.25, 0.3) is 0 Å². The van der Waals surface area contributed by atoms with Crippen LogP contribution in [0.4, 0.5) is 0 Å². The van der Waals surface area contributed by atoms with Gasteiger partial charge in [0.15, 0.2) is 0 Å². The molecule has 1 aliphatic carbocycles. The average molecular weight is 303 g/mol. The van der Waals surface area contributed by atoms with E-state index in [1.54, 1.807) is 0 Å². The van der Waals surface area contributed by atoms with Crippen LogP contribution in [0, 0.1) is 12.8 Å². The maximum Gasteiger partial charge on any atom is 0.239 e. The number of hydrogen-bond acceptors (Lipinski definition) is 3. The third-order valence-electron chi connectivity index (χ3n) is 4.16. The van der Waals surface area contributed by atoms with Crippen molar-refractivity contribution in [3.05, 3.63) is 34.9 Å². The zero-order chi connectivity index (χ0) is 16.3. The Kier molecular flexibility index (Phi) is 5.19. The molecule has 0 aromatic heterocycles. The molecule has 2 atom stereocenters. The molecule has 0 radical (unpaired) electrons. The van der Waals surface area contributed by atoms with E-state index < -0.39 is 6.04 Å². The molecule has 0 heterocycles. The van der Waals surface area contributed by atoms with E-state index in [4.69, 9.17) is 5.73 Å². The van der Waals surface area contributed by atoms with Crippen LogP contribution in [0.1, 0.15) is 43.0 Å². The Morgan fingerprint density at radius 2 is 2.09 bits per heavy atom. The molecule has 22 heavy (non-hydrogen) atoms. The summed E-state index contributed by atoms with van der Waals surface area (Å²) >= 11 is 0. The lowest BCUT2D eigenvalue weighted by atomic mass is 10.0. The largest absolute Gasteiger partial charge is 0.348 e. The minimum atomic E-state index is -0.581. The molecule has 5 heteroatoms. The summed E-state index contributed by atoms with van der Waals surface area (Å²) in [4.78, 5) is 23.8. The molecule has 0 fully saturated rings. The highest BCUT2D eigenvalue weighted by Gasteiger charge is 2.24. The molecule has 0 saturated carbocycles. The summed E-state index contributed by atoms with van der Waals surface area (Å²) in [6.45, 7) is 5.79. The van der Waals surface area contributed by atoms with E-state index in [0.29, 0.717) is 0 Å². The Morgan fingerprint density at radius 1 is 1.36 bits per heavy atom. The Labute approximate surface area is 131 Å². The molecule has 1 aromatic rings. The Bertz CT molecular complexity index is 569. The van der Waals surface area contributed by atoms with Gasteiger partial charge in [0, 0.05) is 0 Å². The van der Waals surface area contributed by atoms with Gasteiger partial charge in [0.2, 0.25) is 11.8 Å². The lowest BCUT2D eigenvalue weighted by Crippen LogP contribution is -2.47. The lowest BCUT2D eigenvalue weighted by Gasteiger charge is -2.17. The summed E-state index contributed by atoms with van der Waals surface area (Å²) in [5.74, 6) is -0.414. The van der Waals surface area contributed by atoms with Crippen molar-refractivity contribution >= 4 is 11.8 Å². The molecule has 4 N–H and O–H groups in total. The van der Waals surface area contributed by atoms with Crippen molar-refractivity contribution in [1.29, 1.82) is 0 Å². The van der Waals surface area contributed by atoms with Gasteiger partial charge >= 0.3 is 0 Å². The molecule has 0 aliphatic heterocycles. The predicted molar refractivity (Wildman–Crippen MR) is 86.2 cm³/mol. The number of carbonyl (C=O) groups is 2. The highest BCUT2D eigenvalue weighted by Crippen LogP contribution is 2.31. The van der Waals surface area contributed by atoms with E-state index in [1.165, 1.54) is 16.7 Å². The third kappa shape index (κ3) is 3.85. The number of nitrogens with one attached hydrogen (secondary N) is 2. The first-order chi connectivity index (χ1) is 10.4. The van der Waals surface area contributed by atoms with E-state index in [-0.39, 0.29) is 30.3 Å². The molecule has 0 bridgehead atoms. The van der Waals surface area contributed by atoms with Crippen molar-refractivity contribution in [3.8, 4) is 0 Å². The van der Waals surface area contributed by atoms with Crippen molar-refractivity contribution in [2.75, 3.05) is 6.54 Å². The zero-order valence-electron chi connectivity index (χ0n) is 13.5. The summed E-state index contributed by atoms with van der Waals surface area (Å²) in [6.07, 6.45) is 1.89. The van der Waals surface area contributed by atoms with Crippen molar-refractivity contribution in [1.82, 2.24) is 10.6 Å². The number of rotatable bonds is 5. The minimum absolute atomic E-state index is 0.0308. The first-order valence-electron chi connectivity index (χ1n) is 7.80. The molecule has 0 saturated heterocycles. The SMILES string of the molecule is Cc1ccc2c(c1)CCC2NC(=O)CNC(=O)[C@@H](N)C(C)C. The molecule has 2 rings (SSSR count). The van der Waals surface area contributed by atoms with Gasteiger partial charge < -0.3 is 16.4 Å². The van der Waals surface area contributed by atoms with E-state index in [9.17, 15) is 9.59 Å². The van der Waals surface area contributed by atoms with Crippen LogP contribution in [-0.4, -0.2) is 24.4 Å². The summed E-state index contributed by atoms with van der Waals surface area (Å²) in [7, 11) is 0. The summed E-state index contributed by atoms with van der Waals surface area (Å²) in [5.41, 5.74) is 9.47. The second-order valence-corrected chi connectivity index (χ2v) is 6.35. The molecular weight excluding hydrogens is 278 g/mol. The van der Waals surface area contributed by atoms with Gasteiger partial charge in [-0.1, -0.05) is 37.6 Å². The Hall–Kier alpha value is -1.88. The highest BCUT2D eigenvalue weighted by atomic mass is 16.2. The number of benzene rings is 1. The van der Waals surface area contributed by atoms with Gasteiger partial charge in [-0.2, -0.15) is 0 Å². The fraction of sp³-hybridized carbons (Fsp3) is 0.529. The number of fused-ring (bicyclic) bond motifs is 1. The van der Waals surface area contributed by atoms with Gasteiger partial charge in [-0.25, -0.2) is 0 Å². The van der Waals surface area contributed by atoms with Crippen LogP contribution in [0.3, 0.4) is 0 Å². The molecule has 1 aromatic carbocycles. The summed E-state index contributed by atoms with van der Waals surface area (Å²) < 4.78 is 0. The third-order valence-corrected chi connectivity index (χ3v) is 4.16. The normalized spacial score (nSPS) is 18.0. The number of hydrogen-bond donors (Lipinski definition) is 3. The van der Waals surface area contributed by atoms with Crippen LogP contribution >= 0.6 is 0 Å². The quantitative estimate of drug-likeness (QED) is 0.764. The van der Waals surface area contributed by atoms with Crippen LogP contribution in [0.5, 0.6) is 0 Å². The monoisotopic (exact) mass is 303 g/mol. The molecule has 5 nitrogen and oxygen atoms in total. The van der Waals surface area contributed by atoms with Crippen LogP contribution < -0.4 is 16.4 Å². The first-order valence-corrected chi connectivity index (χ1v) is 7.80. The molecule has 120 valence electrons. The fourth-order valence-electron chi connectivity index (χ4n) is 2.73. The average Bonchev–Trinajstić information content (AvgIpc) is 2.85. The molecule has 1 unspecified atom stereocenters. The Balaban J connectivity index is 1.86. The highest BCUT2D eigenvalue weighted by molar-refractivity contribution is 5.87. The molecule has 1 aliphatic rings. The van der Waals surface area contributed by atoms with Crippen LogP contribution in [0.15, 0.2) is 18.2 Å². The first kappa shape index (κ1) is 16.5. The fourth-order valence-corrected chi connectivity index (χ4v) is 2.73. The van der Waals surface area contributed by atoms with E-state index in [1.807, 2.05) is 13.8 Å². The Morgan fingerprint density at radius 3 is 2.77 bits per heavy atom. The smallest absolute Gasteiger partial charge is 0.239 e. The van der Waals surface area contributed by atoms with Gasteiger partial charge in [0.1, 0.15) is 0 Å². The van der Waals surface area contributed by atoms with E-state index in [0.717, 1.165) is 12.8 Å². The van der Waals surface area contributed by atoms with Crippen molar-refractivity contribution < 1.29 is 9.59 Å². The molecule has 2 amide bonds. The predicted octanol–water partition coefficient (Wildman–Crippen LogP) is 1.20. The van der Waals surface area contributed by atoms with Crippen LogP contribution in [0.25, 0.3) is 0 Å². The van der Waals surface area contributed by atoms with Gasteiger partial charge in [0.05, 0.1) is 18.6 Å². The van der Waals surface area contributed by atoms with Crippen molar-refractivity contribution in [3.63, 3.8) is 0 Å². The van der Waals surface area contributed by atoms with Gasteiger partial charge in [-0.05, 0) is 36.8 Å². The summed E-state index contributed by atoms with van der Waals surface area (Å²) in [5, 5.41) is 5.58. The standard InChI is InChI=1S/C17H25N3O2/c1-10(2)16(18)17(22)19-9-15(21)20-14-7-5-12-8-11(3)4-6-13(12)14/h4,6,8,10,14,16H,5,7,9,18H2,1-3H3,(H,19,22)(H,20,21)/t14?,16-/m0/s1. The maximum absolute atomic E-state index is 12.0. The minimum Gasteiger partial charge on any atom is -0.348 e. The van der Waals surface area contributed by atoms with Gasteiger partial charge in [-0.3, -0.25) is 9.59 Å². The second-order valence-electron chi connectivity index (χ2n) is 6.35. The second kappa shape index (κ2) is 6.92. The van der Waals surface area contributed by atoms with Gasteiger partial charge in [-0.15, -0.1) is 0 Å². The van der Waals surface area contributed by atoms with Crippen LogP contribution in [-0.2, 0) is 16.0 Å². The van der Waals surface area contributed by atoms with E-state index in [2.05, 4.69) is 35.8 Å².